The molecule has 8 nitrogen and oxygen atoms in total. The minimum absolute atomic E-state index is 0.0386. The summed E-state index contributed by atoms with van der Waals surface area (Å²) in [7, 11) is 0. The van der Waals surface area contributed by atoms with Crippen molar-refractivity contribution < 1.29 is 23.9 Å². The van der Waals surface area contributed by atoms with E-state index >= 15 is 0 Å². The Kier molecular flexibility index (Phi) is 7.67. The topological polar surface area (TPSA) is 97.0 Å². The predicted molar refractivity (Wildman–Crippen MR) is 103 cm³/mol. The second-order valence-electron chi connectivity index (χ2n) is 8.05. The van der Waals surface area contributed by atoms with E-state index in [9.17, 15) is 14.4 Å². The zero-order valence-electron chi connectivity index (χ0n) is 16.8. The van der Waals surface area contributed by atoms with E-state index < -0.39 is 12.1 Å². The maximum Gasteiger partial charge on any atom is 0.318 e. The summed E-state index contributed by atoms with van der Waals surface area (Å²) in [5, 5.41) is 5.78. The molecule has 158 valence electrons. The maximum absolute atomic E-state index is 13.0. The van der Waals surface area contributed by atoms with Crippen LogP contribution >= 0.6 is 0 Å². The number of carbonyl (C=O) groups is 3. The summed E-state index contributed by atoms with van der Waals surface area (Å²) in [6.45, 7) is 4.05. The van der Waals surface area contributed by atoms with Crippen molar-refractivity contribution in [1.29, 1.82) is 0 Å². The van der Waals surface area contributed by atoms with Gasteiger partial charge >= 0.3 is 6.03 Å². The van der Waals surface area contributed by atoms with Gasteiger partial charge in [-0.15, -0.1) is 0 Å². The Labute approximate surface area is 166 Å². The first-order valence-corrected chi connectivity index (χ1v) is 10.7. The molecule has 2 heterocycles. The highest BCUT2D eigenvalue weighted by Gasteiger charge is 2.38. The van der Waals surface area contributed by atoms with E-state index in [1.165, 1.54) is 19.3 Å². The number of amides is 3. The molecule has 1 saturated carbocycles. The Morgan fingerprint density at radius 3 is 2.57 bits per heavy atom. The van der Waals surface area contributed by atoms with Crippen molar-refractivity contribution in [2.45, 2.75) is 70.1 Å². The number of ketones is 1. The van der Waals surface area contributed by atoms with Crippen molar-refractivity contribution in [3.05, 3.63) is 0 Å². The van der Waals surface area contributed by atoms with E-state index in [0.29, 0.717) is 45.1 Å². The molecule has 3 aliphatic rings. The van der Waals surface area contributed by atoms with E-state index in [-0.39, 0.29) is 30.4 Å². The van der Waals surface area contributed by atoms with Crippen LogP contribution in [0.25, 0.3) is 0 Å². The molecule has 1 aliphatic carbocycles. The summed E-state index contributed by atoms with van der Waals surface area (Å²) >= 11 is 0. The normalized spacial score (nSPS) is 27.5. The average Bonchev–Trinajstić information content (AvgIpc) is 3.08. The molecule has 0 aromatic rings. The number of hydrogen-bond acceptors (Lipinski definition) is 5. The molecule has 3 rings (SSSR count). The van der Waals surface area contributed by atoms with E-state index in [0.717, 1.165) is 12.8 Å². The monoisotopic (exact) mass is 395 g/mol. The second-order valence-corrected chi connectivity index (χ2v) is 8.05. The van der Waals surface area contributed by atoms with E-state index in [4.69, 9.17) is 9.47 Å². The third kappa shape index (κ3) is 5.44. The number of Topliss-reactive ketones (excluding diaryl/α,β-unsaturated/α-hetero) is 1. The largest absolute Gasteiger partial charge is 0.378 e. The maximum atomic E-state index is 13.0. The minimum atomic E-state index is -0.635. The molecule has 0 aromatic carbocycles. The van der Waals surface area contributed by atoms with Crippen LogP contribution in [0.5, 0.6) is 0 Å². The van der Waals surface area contributed by atoms with Crippen LogP contribution in [0.1, 0.15) is 51.9 Å². The molecule has 0 spiro atoms. The highest BCUT2D eigenvalue weighted by atomic mass is 16.5. The van der Waals surface area contributed by atoms with Crippen LogP contribution in [-0.4, -0.2) is 73.7 Å². The number of hydrogen-bond donors (Lipinski definition) is 2. The lowest BCUT2D eigenvalue weighted by Crippen LogP contribution is -2.56. The van der Waals surface area contributed by atoms with Crippen LogP contribution in [0.3, 0.4) is 0 Å². The summed E-state index contributed by atoms with van der Waals surface area (Å²) in [6.07, 6.45) is 6.72. The van der Waals surface area contributed by atoms with E-state index in [1.807, 2.05) is 6.92 Å². The Hall–Kier alpha value is -1.67. The van der Waals surface area contributed by atoms with Gasteiger partial charge in [0.25, 0.3) is 0 Å². The number of rotatable bonds is 6. The molecule has 8 heteroatoms. The summed E-state index contributed by atoms with van der Waals surface area (Å²) in [6, 6.07) is -1.49. The molecule has 0 radical (unpaired) electrons. The number of morpholine rings is 1. The number of urea groups is 1. The highest BCUT2D eigenvalue weighted by molar-refractivity contribution is 5.94. The molecule has 3 amide bonds. The molecule has 2 aliphatic heterocycles. The number of ether oxygens (including phenoxy) is 2. The first kappa shape index (κ1) is 21.0. The quantitative estimate of drug-likeness (QED) is 0.705. The van der Waals surface area contributed by atoms with Crippen molar-refractivity contribution >= 4 is 17.7 Å². The van der Waals surface area contributed by atoms with Gasteiger partial charge in [0.2, 0.25) is 5.91 Å². The van der Waals surface area contributed by atoms with Gasteiger partial charge in [-0.3, -0.25) is 9.59 Å². The lowest BCUT2D eigenvalue weighted by molar-refractivity contribution is -0.128. The van der Waals surface area contributed by atoms with Gasteiger partial charge in [0.1, 0.15) is 18.7 Å². The van der Waals surface area contributed by atoms with Gasteiger partial charge in [-0.1, -0.05) is 39.0 Å². The molecule has 0 unspecified atom stereocenters. The molecule has 28 heavy (non-hydrogen) atoms. The Morgan fingerprint density at radius 1 is 1.18 bits per heavy atom. The van der Waals surface area contributed by atoms with Crippen LogP contribution < -0.4 is 10.6 Å². The summed E-state index contributed by atoms with van der Waals surface area (Å²) in [4.78, 5) is 39.5. The first-order valence-electron chi connectivity index (χ1n) is 10.7. The van der Waals surface area contributed by atoms with Crippen molar-refractivity contribution in [1.82, 2.24) is 15.5 Å². The van der Waals surface area contributed by atoms with Gasteiger partial charge in [0, 0.05) is 13.1 Å². The van der Waals surface area contributed by atoms with Gasteiger partial charge in [-0.05, 0) is 18.8 Å². The van der Waals surface area contributed by atoms with E-state index in [2.05, 4.69) is 10.6 Å². The zero-order chi connectivity index (χ0) is 19.9. The second kappa shape index (κ2) is 10.2. The highest BCUT2D eigenvalue weighted by Crippen LogP contribution is 2.27. The summed E-state index contributed by atoms with van der Waals surface area (Å²) in [5.74, 6) is 0.0394. The van der Waals surface area contributed by atoms with Gasteiger partial charge in [-0.2, -0.15) is 0 Å². The summed E-state index contributed by atoms with van der Waals surface area (Å²) < 4.78 is 10.8. The van der Waals surface area contributed by atoms with Crippen LogP contribution in [0.15, 0.2) is 0 Å². The number of nitrogens with zero attached hydrogens (tertiary/aromatic N) is 1. The summed E-state index contributed by atoms with van der Waals surface area (Å²) in [5.41, 5.74) is 0. The van der Waals surface area contributed by atoms with Crippen LogP contribution in [-0.2, 0) is 19.1 Å². The Morgan fingerprint density at radius 2 is 1.89 bits per heavy atom. The molecule has 0 aromatic heterocycles. The van der Waals surface area contributed by atoms with Gasteiger partial charge in [0.05, 0.1) is 19.3 Å². The van der Waals surface area contributed by atoms with Crippen LogP contribution in [0.4, 0.5) is 4.79 Å². The minimum Gasteiger partial charge on any atom is -0.378 e. The smallest absolute Gasteiger partial charge is 0.318 e. The fourth-order valence-electron chi connectivity index (χ4n) is 4.36. The Bertz CT molecular complexity index is 558. The van der Waals surface area contributed by atoms with Gasteiger partial charge in [-0.25, -0.2) is 4.79 Å². The SMILES string of the molecule is CC[C@@H]1OCC(=O)[C@H]1NC(=O)[C@H](CC1CCCCC1)NC(=O)N1CCOCC1. The van der Waals surface area contributed by atoms with Gasteiger partial charge < -0.3 is 25.0 Å². The number of carbonyl (C=O) groups excluding carboxylic acids is 3. The molecular formula is C20H33N3O5. The van der Waals surface area contributed by atoms with E-state index in [1.54, 1.807) is 4.90 Å². The average molecular weight is 396 g/mol. The van der Waals surface area contributed by atoms with Gasteiger partial charge in [0.15, 0.2) is 5.78 Å². The predicted octanol–water partition coefficient (Wildman–Crippen LogP) is 1.23. The molecule has 0 bridgehead atoms. The fraction of sp³-hybridized carbons (Fsp3) is 0.850. The molecule has 3 fully saturated rings. The van der Waals surface area contributed by atoms with Crippen molar-refractivity contribution in [3.8, 4) is 0 Å². The molecule has 3 atom stereocenters. The standard InChI is InChI=1S/C20H33N3O5/c1-2-17-18(16(24)13-28-17)22-19(25)15(12-14-6-4-3-5-7-14)21-20(26)23-8-10-27-11-9-23/h14-15,17-18H,2-13H2,1H3,(H,21,26)(H,22,25)/t15-,17-,18+/m0/s1. The van der Waals surface area contributed by atoms with Crippen LogP contribution in [0, 0.1) is 5.92 Å². The number of nitrogens with one attached hydrogen (secondary N) is 2. The molecular weight excluding hydrogens is 362 g/mol. The fourth-order valence-corrected chi connectivity index (χ4v) is 4.36. The third-order valence-corrected chi connectivity index (χ3v) is 6.06. The first-order chi connectivity index (χ1) is 13.6. The lowest BCUT2D eigenvalue weighted by atomic mass is 9.84. The Balaban J connectivity index is 1.64. The molecule has 2 saturated heterocycles. The zero-order valence-corrected chi connectivity index (χ0v) is 16.8. The van der Waals surface area contributed by atoms with Crippen molar-refractivity contribution in [2.75, 3.05) is 32.9 Å². The van der Waals surface area contributed by atoms with Crippen molar-refractivity contribution in [2.24, 2.45) is 5.92 Å². The van der Waals surface area contributed by atoms with Crippen molar-refractivity contribution in [3.63, 3.8) is 0 Å². The lowest BCUT2D eigenvalue weighted by Gasteiger charge is -2.31. The third-order valence-electron chi connectivity index (χ3n) is 6.06. The molecule has 2 N–H and O–H groups in total. The van der Waals surface area contributed by atoms with Crippen LogP contribution in [0.2, 0.25) is 0 Å².